The number of aryl methyl sites for hydroxylation is 2. The van der Waals surface area contributed by atoms with E-state index >= 15 is 0 Å². The molecule has 1 atom stereocenters. The Bertz CT molecular complexity index is 891. The minimum atomic E-state index is 0.0399. The lowest BCUT2D eigenvalue weighted by molar-refractivity contribution is -0.896. The van der Waals surface area contributed by atoms with Crippen molar-refractivity contribution in [2.45, 2.75) is 26.8 Å². The number of para-hydroxylation sites is 1. The monoisotopic (exact) mass is 424 g/mol. The van der Waals surface area contributed by atoms with E-state index in [1.807, 2.05) is 35.2 Å². The highest BCUT2D eigenvalue weighted by Crippen LogP contribution is 2.14. The van der Waals surface area contributed by atoms with Gasteiger partial charge in [-0.1, -0.05) is 49.4 Å². The molecule has 6 nitrogen and oxygen atoms in total. The molecule has 1 heterocycles. The van der Waals surface area contributed by atoms with Gasteiger partial charge in [0.1, 0.15) is 6.54 Å². The van der Waals surface area contributed by atoms with Crippen molar-refractivity contribution < 1.29 is 19.4 Å². The van der Waals surface area contributed by atoms with E-state index in [4.69, 9.17) is 0 Å². The number of anilines is 1. The maximum absolute atomic E-state index is 12.7. The standard InChI is InChI=1S/C25H34N4O2/c1-4-21-10-7-8-12-23(21)26-24(30)18-28-13-15-29(16-14-28)25(31)19-27(3)17-22-11-6-5-9-20(22)2/h5-12H,4,13-19H2,1-3H3,(H,26,30)/p+2. The highest BCUT2D eigenvalue weighted by Gasteiger charge is 2.27. The maximum atomic E-state index is 12.7. The Morgan fingerprint density at radius 2 is 1.68 bits per heavy atom. The Balaban J connectivity index is 1.42. The number of amides is 2. The number of quaternary nitrogens is 2. The molecule has 6 heteroatoms. The normalized spacial score (nSPS) is 15.5. The fraction of sp³-hybridized carbons (Fsp3) is 0.440. The fourth-order valence-electron chi connectivity index (χ4n) is 4.19. The summed E-state index contributed by atoms with van der Waals surface area (Å²) in [5.74, 6) is 0.240. The van der Waals surface area contributed by atoms with Gasteiger partial charge in [-0.25, -0.2) is 0 Å². The van der Waals surface area contributed by atoms with Crippen LogP contribution in [0.25, 0.3) is 0 Å². The molecule has 0 saturated carbocycles. The molecule has 0 aliphatic carbocycles. The minimum Gasteiger partial charge on any atom is -0.327 e. The van der Waals surface area contributed by atoms with Crippen molar-refractivity contribution in [1.29, 1.82) is 0 Å². The summed E-state index contributed by atoms with van der Waals surface area (Å²) in [6.07, 6.45) is 0.893. The van der Waals surface area contributed by atoms with Crippen molar-refractivity contribution in [2.75, 3.05) is 51.6 Å². The zero-order valence-corrected chi connectivity index (χ0v) is 19.0. The first kappa shape index (κ1) is 23.0. The first-order valence-electron chi connectivity index (χ1n) is 11.3. The molecule has 3 rings (SSSR count). The highest BCUT2D eigenvalue weighted by atomic mass is 16.2. The van der Waals surface area contributed by atoms with Crippen molar-refractivity contribution in [3.8, 4) is 0 Å². The van der Waals surface area contributed by atoms with Crippen LogP contribution in [-0.4, -0.2) is 63.0 Å². The predicted octanol–water partition coefficient (Wildman–Crippen LogP) is -0.0621. The molecule has 2 aromatic rings. The van der Waals surface area contributed by atoms with Crippen LogP contribution in [0.15, 0.2) is 48.5 Å². The lowest BCUT2D eigenvalue weighted by Crippen LogP contribution is -3.16. The van der Waals surface area contributed by atoms with Crippen molar-refractivity contribution in [2.24, 2.45) is 0 Å². The van der Waals surface area contributed by atoms with Crippen molar-refractivity contribution in [3.63, 3.8) is 0 Å². The summed E-state index contributed by atoms with van der Waals surface area (Å²) in [5.41, 5.74) is 4.62. The summed E-state index contributed by atoms with van der Waals surface area (Å²) in [6.45, 7) is 9.04. The van der Waals surface area contributed by atoms with Gasteiger partial charge in [-0.05, 0) is 30.5 Å². The summed E-state index contributed by atoms with van der Waals surface area (Å²) in [4.78, 5) is 29.6. The quantitative estimate of drug-likeness (QED) is 0.556. The van der Waals surface area contributed by atoms with Crippen LogP contribution < -0.4 is 15.1 Å². The number of nitrogens with one attached hydrogen (secondary N) is 3. The molecule has 1 saturated heterocycles. The van der Waals surface area contributed by atoms with Crippen LogP contribution in [0.4, 0.5) is 5.69 Å². The Kier molecular flexibility index (Phi) is 8.20. The lowest BCUT2D eigenvalue weighted by atomic mass is 10.1. The summed E-state index contributed by atoms with van der Waals surface area (Å²) in [5, 5.41) is 3.05. The molecule has 0 bridgehead atoms. The van der Waals surface area contributed by atoms with E-state index in [0.717, 1.165) is 37.3 Å². The Hall–Kier alpha value is -2.70. The number of carbonyl (C=O) groups is 2. The average Bonchev–Trinajstić information content (AvgIpc) is 2.76. The molecule has 31 heavy (non-hydrogen) atoms. The first-order chi connectivity index (χ1) is 15.0. The van der Waals surface area contributed by atoms with Crippen LogP contribution in [0.2, 0.25) is 0 Å². The van der Waals surface area contributed by atoms with Crippen LogP contribution in [0.3, 0.4) is 0 Å². The molecule has 0 aromatic heterocycles. The SMILES string of the molecule is CCc1ccccc1NC(=O)C[NH+]1CCN(C(=O)C[NH+](C)Cc2ccccc2C)CC1. The number of carbonyl (C=O) groups excluding carboxylic acids is 2. The molecular formula is C25H36N4O2+2. The number of hydrogen-bond acceptors (Lipinski definition) is 2. The van der Waals surface area contributed by atoms with Crippen LogP contribution in [0.5, 0.6) is 0 Å². The van der Waals surface area contributed by atoms with E-state index in [0.29, 0.717) is 26.2 Å². The van der Waals surface area contributed by atoms with Gasteiger partial charge >= 0.3 is 0 Å². The van der Waals surface area contributed by atoms with Gasteiger partial charge < -0.3 is 20.0 Å². The zero-order chi connectivity index (χ0) is 22.2. The summed E-state index contributed by atoms with van der Waals surface area (Å²) in [6, 6.07) is 16.3. The van der Waals surface area contributed by atoms with Crippen LogP contribution in [-0.2, 0) is 22.6 Å². The van der Waals surface area contributed by atoms with Crippen LogP contribution in [0, 0.1) is 6.92 Å². The molecule has 1 aliphatic rings. The molecule has 2 amide bonds. The average molecular weight is 425 g/mol. The summed E-state index contributed by atoms with van der Waals surface area (Å²) in [7, 11) is 2.07. The lowest BCUT2D eigenvalue weighted by Gasteiger charge is -2.32. The third-order valence-electron chi connectivity index (χ3n) is 6.11. The van der Waals surface area contributed by atoms with Gasteiger partial charge in [-0.2, -0.15) is 0 Å². The molecule has 1 fully saturated rings. The van der Waals surface area contributed by atoms with Gasteiger partial charge in [0.05, 0.1) is 33.2 Å². The van der Waals surface area contributed by atoms with Gasteiger partial charge in [0.15, 0.2) is 13.1 Å². The molecule has 0 spiro atoms. The van der Waals surface area contributed by atoms with E-state index in [-0.39, 0.29) is 11.8 Å². The molecule has 0 radical (unpaired) electrons. The molecule has 1 aliphatic heterocycles. The summed E-state index contributed by atoms with van der Waals surface area (Å²) >= 11 is 0. The molecular weight excluding hydrogens is 388 g/mol. The second kappa shape index (κ2) is 11.1. The van der Waals surface area contributed by atoms with E-state index in [2.05, 4.69) is 44.4 Å². The van der Waals surface area contributed by atoms with Crippen molar-refractivity contribution in [3.05, 3.63) is 65.2 Å². The summed E-state index contributed by atoms with van der Waals surface area (Å²) < 4.78 is 0. The number of hydrogen-bond donors (Lipinski definition) is 3. The van der Waals surface area contributed by atoms with Gasteiger partial charge in [0.2, 0.25) is 0 Å². The van der Waals surface area contributed by atoms with Crippen molar-refractivity contribution in [1.82, 2.24) is 4.90 Å². The van der Waals surface area contributed by atoms with Crippen molar-refractivity contribution >= 4 is 17.5 Å². The first-order valence-corrected chi connectivity index (χ1v) is 11.3. The van der Waals surface area contributed by atoms with Gasteiger partial charge in [-0.15, -0.1) is 0 Å². The number of benzene rings is 2. The predicted molar refractivity (Wildman–Crippen MR) is 123 cm³/mol. The topological polar surface area (TPSA) is 58.3 Å². The van der Waals surface area contributed by atoms with E-state index in [1.54, 1.807) is 0 Å². The van der Waals surface area contributed by atoms with Gasteiger partial charge in [0, 0.05) is 11.3 Å². The second-order valence-electron chi connectivity index (χ2n) is 8.60. The Morgan fingerprint density at radius 3 is 2.35 bits per heavy atom. The minimum absolute atomic E-state index is 0.0399. The van der Waals surface area contributed by atoms with Crippen LogP contribution >= 0.6 is 0 Å². The molecule has 2 aromatic carbocycles. The Labute approximate surface area is 185 Å². The number of nitrogens with zero attached hydrogens (tertiary/aromatic N) is 1. The Morgan fingerprint density at radius 1 is 1.03 bits per heavy atom. The number of piperazine rings is 1. The van der Waals surface area contributed by atoms with E-state index in [1.165, 1.54) is 20.9 Å². The van der Waals surface area contributed by atoms with E-state index in [9.17, 15) is 9.59 Å². The smallest absolute Gasteiger partial charge is 0.279 e. The van der Waals surface area contributed by atoms with Gasteiger partial charge in [-0.3, -0.25) is 9.59 Å². The largest absolute Gasteiger partial charge is 0.327 e. The zero-order valence-electron chi connectivity index (χ0n) is 19.0. The molecule has 1 unspecified atom stereocenters. The van der Waals surface area contributed by atoms with Crippen LogP contribution in [0.1, 0.15) is 23.6 Å². The van der Waals surface area contributed by atoms with E-state index < -0.39 is 0 Å². The molecule has 166 valence electrons. The highest BCUT2D eigenvalue weighted by molar-refractivity contribution is 5.92. The number of rotatable bonds is 8. The molecule has 3 N–H and O–H groups in total. The fourth-order valence-corrected chi connectivity index (χ4v) is 4.19. The number of likely N-dealkylation sites (N-methyl/N-ethyl adjacent to an activating group) is 1. The second-order valence-corrected chi connectivity index (χ2v) is 8.60. The third-order valence-corrected chi connectivity index (χ3v) is 6.11. The third kappa shape index (κ3) is 6.64. The maximum Gasteiger partial charge on any atom is 0.279 e. The van der Waals surface area contributed by atoms with Gasteiger partial charge in [0.25, 0.3) is 11.8 Å².